The average molecular weight is 311 g/mol. The number of fused-ring (bicyclic) bond motifs is 1. The molecule has 0 fully saturated rings. The molecular weight excluding hydrogens is 300 g/mol. The van der Waals surface area contributed by atoms with E-state index in [2.05, 4.69) is 26.2 Å². The molecule has 2 aromatic rings. The van der Waals surface area contributed by atoms with Crippen LogP contribution >= 0.6 is 15.9 Å². The van der Waals surface area contributed by atoms with Gasteiger partial charge in [0.1, 0.15) is 6.54 Å². The van der Waals surface area contributed by atoms with Crippen LogP contribution in [0.15, 0.2) is 28.9 Å². The summed E-state index contributed by atoms with van der Waals surface area (Å²) in [6.07, 6.45) is 1.92. The second-order valence-electron chi connectivity index (χ2n) is 3.85. The van der Waals surface area contributed by atoms with Crippen molar-refractivity contribution in [3.63, 3.8) is 0 Å². The Bertz CT molecular complexity index is 606. The van der Waals surface area contributed by atoms with Crippen LogP contribution in [0, 0.1) is 0 Å². The van der Waals surface area contributed by atoms with Gasteiger partial charge in [-0.3, -0.25) is 9.59 Å². The van der Waals surface area contributed by atoms with E-state index < -0.39 is 5.97 Å². The summed E-state index contributed by atoms with van der Waals surface area (Å²) in [5, 5.41) is 11.8. The lowest BCUT2D eigenvalue weighted by molar-refractivity contribution is -0.137. The molecule has 0 bridgehead atoms. The fraction of sp³-hybridized carbons (Fsp3) is 0.167. The van der Waals surface area contributed by atoms with Crippen molar-refractivity contribution in [1.29, 1.82) is 0 Å². The van der Waals surface area contributed by atoms with Gasteiger partial charge < -0.3 is 15.4 Å². The fourth-order valence-corrected chi connectivity index (χ4v) is 2.07. The van der Waals surface area contributed by atoms with Gasteiger partial charge in [0, 0.05) is 21.6 Å². The third-order valence-corrected chi connectivity index (χ3v) is 3.01. The van der Waals surface area contributed by atoms with Crippen molar-refractivity contribution in [2.45, 2.75) is 6.42 Å². The number of amides is 1. The Kier molecular flexibility index (Phi) is 3.66. The topological polar surface area (TPSA) is 82.2 Å². The van der Waals surface area contributed by atoms with Crippen LogP contribution in [0.25, 0.3) is 10.9 Å². The molecule has 6 heteroatoms. The van der Waals surface area contributed by atoms with Gasteiger partial charge in [0.2, 0.25) is 5.91 Å². The van der Waals surface area contributed by atoms with E-state index in [0.29, 0.717) is 0 Å². The Morgan fingerprint density at radius 3 is 2.89 bits per heavy atom. The number of carbonyl (C=O) groups is 2. The molecule has 2 rings (SSSR count). The second-order valence-corrected chi connectivity index (χ2v) is 4.77. The average Bonchev–Trinajstić information content (AvgIpc) is 2.69. The van der Waals surface area contributed by atoms with E-state index in [1.54, 1.807) is 6.20 Å². The number of nitrogens with one attached hydrogen (secondary N) is 2. The molecule has 0 atom stereocenters. The smallest absolute Gasteiger partial charge is 0.322 e. The number of carboxylic acid groups (broad SMARTS) is 1. The van der Waals surface area contributed by atoms with Crippen molar-refractivity contribution in [2.24, 2.45) is 0 Å². The maximum Gasteiger partial charge on any atom is 0.322 e. The zero-order chi connectivity index (χ0) is 13.1. The van der Waals surface area contributed by atoms with Crippen molar-refractivity contribution in [3.05, 3.63) is 34.4 Å². The third-order valence-electron chi connectivity index (χ3n) is 2.52. The number of aromatic nitrogens is 1. The molecular formula is C12H11BrN2O3. The van der Waals surface area contributed by atoms with Crippen molar-refractivity contribution in [1.82, 2.24) is 10.3 Å². The van der Waals surface area contributed by atoms with Crippen molar-refractivity contribution < 1.29 is 14.7 Å². The Labute approximate surface area is 111 Å². The normalized spacial score (nSPS) is 10.5. The zero-order valence-corrected chi connectivity index (χ0v) is 11.0. The summed E-state index contributed by atoms with van der Waals surface area (Å²) in [6.45, 7) is -0.356. The summed E-state index contributed by atoms with van der Waals surface area (Å²) in [7, 11) is 0. The van der Waals surface area contributed by atoms with E-state index in [1.807, 2.05) is 18.2 Å². The van der Waals surface area contributed by atoms with Crippen LogP contribution in [-0.2, 0) is 16.0 Å². The first-order chi connectivity index (χ1) is 8.56. The number of hydrogen-bond acceptors (Lipinski definition) is 2. The quantitative estimate of drug-likeness (QED) is 0.803. The lowest BCUT2D eigenvalue weighted by Gasteiger charge is -2.01. The highest BCUT2D eigenvalue weighted by Gasteiger charge is 2.09. The predicted octanol–water partition coefficient (Wildman–Crippen LogP) is 1.67. The van der Waals surface area contributed by atoms with E-state index in [4.69, 9.17) is 5.11 Å². The Hall–Kier alpha value is -1.82. The third kappa shape index (κ3) is 2.89. The minimum absolute atomic E-state index is 0.156. The van der Waals surface area contributed by atoms with Crippen LogP contribution in [0.3, 0.4) is 0 Å². The molecule has 1 amide bonds. The molecule has 3 N–H and O–H groups in total. The number of rotatable bonds is 4. The van der Waals surface area contributed by atoms with Crippen molar-refractivity contribution in [3.8, 4) is 0 Å². The number of carboxylic acids is 1. The first-order valence-corrected chi connectivity index (χ1v) is 6.09. The van der Waals surface area contributed by atoms with Crippen molar-refractivity contribution in [2.75, 3.05) is 6.54 Å². The number of carbonyl (C=O) groups excluding carboxylic acids is 1. The lowest BCUT2D eigenvalue weighted by atomic mass is 10.1. The minimum atomic E-state index is -1.05. The zero-order valence-electron chi connectivity index (χ0n) is 9.37. The van der Waals surface area contributed by atoms with Crippen LogP contribution in [0.1, 0.15) is 5.56 Å². The Morgan fingerprint density at radius 2 is 2.17 bits per heavy atom. The SMILES string of the molecule is O=C(O)CNC(=O)Cc1c[nH]c2ccc(Br)cc12. The molecule has 0 unspecified atom stereocenters. The number of H-pyrrole nitrogens is 1. The molecule has 0 spiro atoms. The summed E-state index contributed by atoms with van der Waals surface area (Å²) in [5.41, 5.74) is 1.79. The summed E-state index contributed by atoms with van der Waals surface area (Å²) >= 11 is 3.38. The number of aliphatic carboxylic acids is 1. The molecule has 0 aliphatic carbocycles. The summed E-state index contributed by atoms with van der Waals surface area (Å²) in [5.74, 6) is -1.36. The van der Waals surface area contributed by atoms with E-state index in [0.717, 1.165) is 20.9 Å². The van der Waals surface area contributed by atoms with E-state index >= 15 is 0 Å². The summed E-state index contributed by atoms with van der Waals surface area (Å²) in [4.78, 5) is 24.9. The van der Waals surface area contributed by atoms with Gasteiger partial charge in [-0.1, -0.05) is 15.9 Å². The van der Waals surface area contributed by atoms with Crippen LogP contribution in [0.4, 0.5) is 0 Å². The molecule has 0 aliphatic heterocycles. The number of hydrogen-bond donors (Lipinski definition) is 3. The van der Waals surface area contributed by atoms with Crippen LogP contribution in [0.2, 0.25) is 0 Å². The number of halogens is 1. The minimum Gasteiger partial charge on any atom is -0.480 e. The standard InChI is InChI=1S/C12H11BrN2O3/c13-8-1-2-10-9(4-8)7(5-14-10)3-11(16)15-6-12(17)18/h1-2,4-5,14H,3,6H2,(H,15,16)(H,17,18). The highest BCUT2D eigenvalue weighted by Crippen LogP contribution is 2.22. The van der Waals surface area contributed by atoms with Gasteiger partial charge in [-0.15, -0.1) is 0 Å². The Morgan fingerprint density at radius 1 is 1.39 bits per heavy atom. The molecule has 18 heavy (non-hydrogen) atoms. The highest BCUT2D eigenvalue weighted by molar-refractivity contribution is 9.10. The van der Waals surface area contributed by atoms with Gasteiger partial charge in [0.05, 0.1) is 6.42 Å². The molecule has 0 radical (unpaired) electrons. The van der Waals surface area contributed by atoms with Gasteiger partial charge in [-0.05, 0) is 23.8 Å². The van der Waals surface area contributed by atoms with Gasteiger partial charge in [0.15, 0.2) is 0 Å². The fourth-order valence-electron chi connectivity index (χ4n) is 1.71. The molecule has 0 saturated carbocycles. The van der Waals surface area contributed by atoms with Crippen molar-refractivity contribution >= 4 is 38.7 Å². The maximum absolute atomic E-state index is 11.5. The van der Waals surface area contributed by atoms with E-state index in [-0.39, 0.29) is 18.9 Å². The van der Waals surface area contributed by atoms with Crippen LogP contribution in [0.5, 0.6) is 0 Å². The molecule has 0 aliphatic rings. The largest absolute Gasteiger partial charge is 0.480 e. The van der Waals surface area contributed by atoms with Gasteiger partial charge in [-0.2, -0.15) is 0 Å². The molecule has 0 saturated heterocycles. The molecule has 5 nitrogen and oxygen atoms in total. The van der Waals surface area contributed by atoms with Gasteiger partial charge in [-0.25, -0.2) is 0 Å². The van der Waals surface area contributed by atoms with Gasteiger partial charge in [0.25, 0.3) is 0 Å². The molecule has 1 heterocycles. The molecule has 94 valence electrons. The summed E-state index contributed by atoms with van der Waals surface area (Å²) in [6, 6.07) is 5.75. The number of aromatic amines is 1. The Balaban J connectivity index is 2.14. The monoisotopic (exact) mass is 310 g/mol. The highest BCUT2D eigenvalue weighted by atomic mass is 79.9. The summed E-state index contributed by atoms with van der Waals surface area (Å²) < 4.78 is 0.932. The second kappa shape index (κ2) is 5.22. The van der Waals surface area contributed by atoms with E-state index in [9.17, 15) is 9.59 Å². The lowest BCUT2D eigenvalue weighted by Crippen LogP contribution is -2.30. The van der Waals surface area contributed by atoms with Crippen LogP contribution < -0.4 is 5.32 Å². The molecule has 1 aromatic carbocycles. The maximum atomic E-state index is 11.5. The van der Waals surface area contributed by atoms with Crippen LogP contribution in [-0.4, -0.2) is 28.5 Å². The first-order valence-electron chi connectivity index (χ1n) is 5.30. The van der Waals surface area contributed by atoms with Gasteiger partial charge >= 0.3 is 5.97 Å². The predicted molar refractivity (Wildman–Crippen MR) is 70.3 cm³/mol. The first kappa shape index (κ1) is 12.6. The molecule has 1 aromatic heterocycles. The van der Waals surface area contributed by atoms with E-state index in [1.165, 1.54) is 0 Å². The number of benzene rings is 1.